The largest absolute Gasteiger partial charge is 0.497 e. The van der Waals surface area contributed by atoms with Crippen molar-refractivity contribution in [2.24, 2.45) is 0 Å². The van der Waals surface area contributed by atoms with Crippen molar-refractivity contribution in [2.75, 3.05) is 37.5 Å². The second-order valence-electron chi connectivity index (χ2n) is 5.57. The molecular weight excluding hydrogens is 304 g/mol. The first-order valence-corrected chi connectivity index (χ1v) is 9.06. The lowest BCUT2D eigenvalue weighted by Crippen LogP contribution is -2.35. The molecule has 7 heteroatoms. The number of carbonyl (C=O) groups is 1. The molecule has 1 aromatic carbocycles. The maximum absolute atomic E-state index is 12.0. The molecule has 122 valence electrons. The molecule has 1 unspecified atom stereocenters. The molecule has 0 aromatic heterocycles. The molecule has 1 aliphatic rings. The van der Waals surface area contributed by atoms with E-state index in [0.717, 1.165) is 0 Å². The molecule has 1 saturated heterocycles. The van der Waals surface area contributed by atoms with E-state index in [0.29, 0.717) is 30.8 Å². The fourth-order valence-electron chi connectivity index (χ4n) is 2.51. The Kier molecular flexibility index (Phi) is 5.42. The van der Waals surface area contributed by atoms with Gasteiger partial charge in [0.05, 0.1) is 18.6 Å². The first-order valence-electron chi connectivity index (χ1n) is 7.24. The summed E-state index contributed by atoms with van der Waals surface area (Å²) in [5.41, 5.74) is 0.690. The SMILES string of the molecule is COc1cccc(NC(=O)CCN(C)C2CCS(=O)(=O)C2)c1. The Morgan fingerprint density at radius 2 is 2.23 bits per heavy atom. The quantitative estimate of drug-likeness (QED) is 0.848. The summed E-state index contributed by atoms with van der Waals surface area (Å²) < 4.78 is 28.0. The van der Waals surface area contributed by atoms with Gasteiger partial charge in [-0.2, -0.15) is 0 Å². The number of carbonyl (C=O) groups excluding carboxylic acids is 1. The van der Waals surface area contributed by atoms with Crippen LogP contribution in [0.2, 0.25) is 0 Å². The van der Waals surface area contributed by atoms with Crippen molar-refractivity contribution in [2.45, 2.75) is 18.9 Å². The van der Waals surface area contributed by atoms with Gasteiger partial charge >= 0.3 is 0 Å². The van der Waals surface area contributed by atoms with E-state index in [1.807, 2.05) is 24.1 Å². The van der Waals surface area contributed by atoms with E-state index in [-0.39, 0.29) is 23.5 Å². The zero-order valence-electron chi connectivity index (χ0n) is 12.9. The van der Waals surface area contributed by atoms with Crippen molar-refractivity contribution >= 4 is 21.4 Å². The lowest BCUT2D eigenvalue weighted by molar-refractivity contribution is -0.116. The first-order chi connectivity index (χ1) is 10.4. The number of nitrogens with zero attached hydrogens (tertiary/aromatic N) is 1. The van der Waals surface area contributed by atoms with Crippen LogP contribution in [0.15, 0.2) is 24.3 Å². The van der Waals surface area contributed by atoms with Crippen LogP contribution in [-0.4, -0.2) is 57.5 Å². The molecule has 1 amide bonds. The summed E-state index contributed by atoms with van der Waals surface area (Å²) in [5.74, 6) is 1.03. The van der Waals surface area contributed by atoms with Gasteiger partial charge < -0.3 is 15.0 Å². The Morgan fingerprint density at radius 3 is 2.86 bits per heavy atom. The molecule has 1 aromatic rings. The summed E-state index contributed by atoms with van der Waals surface area (Å²) in [6, 6.07) is 7.20. The van der Waals surface area contributed by atoms with Crippen LogP contribution in [0, 0.1) is 0 Å². The van der Waals surface area contributed by atoms with Gasteiger partial charge in [-0.1, -0.05) is 6.07 Å². The fourth-order valence-corrected chi connectivity index (χ4v) is 4.31. The topological polar surface area (TPSA) is 75.7 Å². The zero-order valence-corrected chi connectivity index (χ0v) is 13.7. The number of anilines is 1. The predicted molar refractivity (Wildman–Crippen MR) is 85.9 cm³/mol. The van der Waals surface area contributed by atoms with Gasteiger partial charge in [-0.25, -0.2) is 8.42 Å². The van der Waals surface area contributed by atoms with Crippen molar-refractivity contribution in [3.63, 3.8) is 0 Å². The first kappa shape index (κ1) is 16.8. The third kappa shape index (κ3) is 4.71. The Morgan fingerprint density at radius 1 is 1.45 bits per heavy atom. The molecule has 22 heavy (non-hydrogen) atoms. The van der Waals surface area contributed by atoms with Gasteiger partial charge in [0.15, 0.2) is 9.84 Å². The molecule has 0 spiro atoms. The average molecular weight is 326 g/mol. The summed E-state index contributed by atoms with van der Waals surface area (Å²) in [4.78, 5) is 13.9. The summed E-state index contributed by atoms with van der Waals surface area (Å²) in [5, 5.41) is 2.81. The highest BCUT2D eigenvalue weighted by atomic mass is 32.2. The normalized spacial score (nSPS) is 20.0. The summed E-state index contributed by atoms with van der Waals surface area (Å²) >= 11 is 0. The number of nitrogens with one attached hydrogen (secondary N) is 1. The molecule has 1 atom stereocenters. The van der Waals surface area contributed by atoms with E-state index in [2.05, 4.69) is 5.32 Å². The number of rotatable bonds is 6. The van der Waals surface area contributed by atoms with Crippen molar-refractivity contribution in [3.05, 3.63) is 24.3 Å². The maximum Gasteiger partial charge on any atom is 0.225 e. The van der Waals surface area contributed by atoms with Gasteiger partial charge in [-0.05, 0) is 25.6 Å². The van der Waals surface area contributed by atoms with Crippen molar-refractivity contribution in [3.8, 4) is 5.75 Å². The third-order valence-electron chi connectivity index (χ3n) is 3.88. The molecule has 1 N–H and O–H groups in total. The van der Waals surface area contributed by atoms with E-state index < -0.39 is 9.84 Å². The number of hydrogen-bond donors (Lipinski definition) is 1. The monoisotopic (exact) mass is 326 g/mol. The molecule has 1 fully saturated rings. The van der Waals surface area contributed by atoms with Gasteiger partial charge in [0.1, 0.15) is 5.75 Å². The molecule has 0 bridgehead atoms. The molecule has 0 radical (unpaired) electrons. The molecule has 6 nitrogen and oxygen atoms in total. The van der Waals surface area contributed by atoms with Crippen LogP contribution in [-0.2, 0) is 14.6 Å². The van der Waals surface area contributed by atoms with E-state index in [1.54, 1.807) is 19.2 Å². The third-order valence-corrected chi connectivity index (χ3v) is 5.63. The Hall–Kier alpha value is -1.60. The van der Waals surface area contributed by atoms with Crippen molar-refractivity contribution in [1.82, 2.24) is 4.90 Å². The minimum absolute atomic E-state index is 0.0228. The maximum atomic E-state index is 12.0. The van der Waals surface area contributed by atoms with Crippen LogP contribution < -0.4 is 10.1 Å². The van der Waals surface area contributed by atoms with Crippen LogP contribution in [0.1, 0.15) is 12.8 Å². The van der Waals surface area contributed by atoms with E-state index >= 15 is 0 Å². The minimum atomic E-state index is -2.89. The highest BCUT2D eigenvalue weighted by molar-refractivity contribution is 7.91. The van der Waals surface area contributed by atoms with Crippen LogP contribution in [0.5, 0.6) is 5.75 Å². The van der Waals surface area contributed by atoms with Crippen LogP contribution in [0.4, 0.5) is 5.69 Å². The molecular formula is C15H22N2O4S. The Labute approximate surface area is 131 Å². The lowest BCUT2D eigenvalue weighted by atomic mass is 10.2. The number of methoxy groups -OCH3 is 1. The average Bonchev–Trinajstić information content (AvgIpc) is 2.85. The van der Waals surface area contributed by atoms with Gasteiger partial charge in [0.25, 0.3) is 0 Å². The number of amides is 1. The number of benzene rings is 1. The highest BCUT2D eigenvalue weighted by Gasteiger charge is 2.30. The van der Waals surface area contributed by atoms with Crippen LogP contribution >= 0.6 is 0 Å². The summed E-state index contributed by atoms with van der Waals surface area (Å²) in [6.45, 7) is 0.538. The Balaban J connectivity index is 1.80. The number of hydrogen-bond acceptors (Lipinski definition) is 5. The van der Waals surface area contributed by atoms with Crippen molar-refractivity contribution in [1.29, 1.82) is 0 Å². The van der Waals surface area contributed by atoms with Gasteiger partial charge in [0.2, 0.25) is 5.91 Å². The Bertz CT molecular complexity index is 630. The minimum Gasteiger partial charge on any atom is -0.497 e. The summed E-state index contributed by atoms with van der Waals surface area (Å²) in [6.07, 6.45) is 0.973. The number of sulfone groups is 1. The molecule has 0 aliphatic carbocycles. The second kappa shape index (κ2) is 7.11. The highest BCUT2D eigenvalue weighted by Crippen LogP contribution is 2.18. The molecule has 0 saturated carbocycles. The van der Waals surface area contributed by atoms with Crippen molar-refractivity contribution < 1.29 is 17.9 Å². The van der Waals surface area contributed by atoms with Crippen LogP contribution in [0.3, 0.4) is 0 Å². The molecule has 1 heterocycles. The van der Waals surface area contributed by atoms with Gasteiger partial charge in [-0.3, -0.25) is 4.79 Å². The second-order valence-corrected chi connectivity index (χ2v) is 7.80. The van der Waals surface area contributed by atoms with E-state index in [4.69, 9.17) is 4.74 Å². The van der Waals surface area contributed by atoms with E-state index in [9.17, 15) is 13.2 Å². The van der Waals surface area contributed by atoms with Gasteiger partial charge in [0, 0.05) is 30.8 Å². The molecule has 2 rings (SSSR count). The van der Waals surface area contributed by atoms with Crippen LogP contribution in [0.25, 0.3) is 0 Å². The standard InChI is InChI=1S/C15H22N2O4S/c1-17(13-7-9-22(19,20)11-13)8-6-15(18)16-12-4-3-5-14(10-12)21-2/h3-5,10,13H,6-9,11H2,1-2H3,(H,16,18). The summed E-state index contributed by atoms with van der Waals surface area (Å²) in [7, 11) is 0.549. The number of ether oxygens (including phenoxy) is 1. The lowest BCUT2D eigenvalue weighted by Gasteiger charge is -2.22. The molecule has 1 aliphatic heterocycles. The predicted octanol–water partition coefficient (Wildman–Crippen LogP) is 1.14. The fraction of sp³-hybridized carbons (Fsp3) is 0.533. The zero-order chi connectivity index (χ0) is 16.2. The smallest absolute Gasteiger partial charge is 0.225 e. The van der Waals surface area contributed by atoms with E-state index in [1.165, 1.54) is 0 Å². The van der Waals surface area contributed by atoms with Gasteiger partial charge in [-0.15, -0.1) is 0 Å².